The second-order valence-electron chi connectivity index (χ2n) is 2.95. The zero-order valence-corrected chi connectivity index (χ0v) is 7.94. The molecule has 0 fully saturated rings. The fraction of sp³-hybridized carbons (Fsp3) is 0. The average Bonchev–Trinajstić information content (AvgIpc) is 2.81. The van der Waals surface area contributed by atoms with Gasteiger partial charge in [0.1, 0.15) is 12.6 Å². The number of carboxylic acids is 1. The Morgan fingerprint density at radius 1 is 1.44 bits per heavy atom. The molecule has 0 aliphatic heterocycles. The van der Waals surface area contributed by atoms with Crippen molar-refractivity contribution in [1.82, 2.24) is 20.2 Å². The van der Waals surface area contributed by atoms with Crippen LogP contribution in [0.4, 0.5) is 0 Å². The Kier molecular flexibility index (Phi) is 2.42. The van der Waals surface area contributed by atoms with Crippen molar-refractivity contribution < 1.29 is 14.7 Å². The summed E-state index contributed by atoms with van der Waals surface area (Å²) in [5.41, 5.74) is 0.635. The summed E-state index contributed by atoms with van der Waals surface area (Å²) in [5.74, 6) is -1.11. The highest BCUT2D eigenvalue weighted by molar-refractivity contribution is 5.93. The molecular weight excluding hydrogens is 212 g/mol. The van der Waals surface area contributed by atoms with Crippen LogP contribution in [0.1, 0.15) is 20.7 Å². The third-order valence-corrected chi connectivity index (χ3v) is 1.98. The molecule has 1 heterocycles. The number of tetrazole rings is 1. The van der Waals surface area contributed by atoms with E-state index in [9.17, 15) is 9.59 Å². The maximum absolute atomic E-state index is 10.9. The van der Waals surface area contributed by atoms with Gasteiger partial charge in [-0.1, -0.05) is 6.07 Å². The summed E-state index contributed by atoms with van der Waals surface area (Å²) in [6.07, 6.45) is 1.88. The summed E-state index contributed by atoms with van der Waals surface area (Å²) >= 11 is 0. The Balaban J connectivity index is 2.64. The number of carbonyl (C=O) groups is 2. The third-order valence-electron chi connectivity index (χ3n) is 1.98. The van der Waals surface area contributed by atoms with Crippen molar-refractivity contribution in [1.29, 1.82) is 0 Å². The van der Waals surface area contributed by atoms with Crippen LogP contribution in [-0.4, -0.2) is 37.6 Å². The highest BCUT2D eigenvalue weighted by Gasteiger charge is 2.13. The van der Waals surface area contributed by atoms with Gasteiger partial charge in [0, 0.05) is 5.56 Å². The molecule has 1 aromatic carbocycles. The number of nitrogens with zero attached hydrogens (tertiary/aromatic N) is 4. The number of rotatable bonds is 3. The Labute approximate surface area is 89.3 Å². The second-order valence-corrected chi connectivity index (χ2v) is 2.95. The lowest BCUT2D eigenvalue weighted by Gasteiger charge is -2.04. The molecule has 1 N–H and O–H groups in total. The van der Waals surface area contributed by atoms with Crippen molar-refractivity contribution in [2.24, 2.45) is 0 Å². The van der Waals surface area contributed by atoms with Gasteiger partial charge in [-0.05, 0) is 22.6 Å². The normalized spacial score (nSPS) is 10.0. The summed E-state index contributed by atoms with van der Waals surface area (Å²) in [7, 11) is 0. The van der Waals surface area contributed by atoms with Gasteiger partial charge in [0.15, 0.2) is 0 Å². The van der Waals surface area contributed by atoms with Crippen LogP contribution < -0.4 is 0 Å². The molecule has 16 heavy (non-hydrogen) atoms. The Bertz CT molecular complexity index is 536. The molecule has 0 radical (unpaired) electrons. The lowest BCUT2D eigenvalue weighted by molar-refractivity contribution is 0.0696. The molecule has 0 aliphatic rings. The van der Waals surface area contributed by atoms with Crippen LogP contribution in [0.3, 0.4) is 0 Å². The molecule has 1 aromatic heterocycles. The predicted molar refractivity (Wildman–Crippen MR) is 51.5 cm³/mol. The molecule has 0 aliphatic carbocycles. The van der Waals surface area contributed by atoms with Gasteiger partial charge in [-0.15, -0.1) is 5.10 Å². The molecule has 0 spiro atoms. The number of carbonyl (C=O) groups excluding carboxylic acids is 1. The average molecular weight is 218 g/mol. The molecule has 0 atom stereocenters. The van der Waals surface area contributed by atoms with Gasteiger partial charge in [0.2, 0.25) is 0 Å². The summed E-state index contributed by atoms with van der Waals surface area (Å²) in [5, 5.41) is 19.4. The molecule has 0 amide bonds. The summed E-state index contributed by atoms with van der Waals surface area (Å²) in [6.45, 7) is 0. The molecule has 0 unspecified atom stereocenters. The van der Waals surface area contributed by atoms with Gasteiger partial charge in [0.05, 0.1) is 11.3 Å². The zero-order chi connectivity index (χ0) is 11.5. The summed E-state index contributed by atoms with van der Waals surface area (Å²) in [4.78, 5) is 21.5. The minimum absolute atomic E-state index is 0.0258. The topological polar surface area (TPSA) is 98.0 Å². The van der Waals surface area contributed by atoms with Crippen LogP contribution in [0, 0.1) is 0 Å². The lowest BCUT2D eigenvalue weighted by atomic mass is 10.1. The molecule has 2 rings (SSSR count). The molecule has 0 saturated carbocycles. The van der Waals surface area contributed by atoms with Gasteiger partial charge < -0.3 is 5.11 Å². The standard InChI is InChI=1S/C9H6N4O3/c14-4-6-1-2-7(9(15)16)8(3-6)13-5-10-11-12-13/h1-5H,(H,15,16). The SMILES string of the molecule is O=Cc1ccc(C(=O)O)c(-n2cnnn2)c1. The molecular formula is C9H6N4O3. The zero-order valence-electron chi connectivity index (χ0n) is 7.94. The Morgan fingerprint density at radius 3 is 2.81 bits per heavy atom. The first-order valence-electron chi connectivity index (χ1n) is 4.28. The molecule has 80 valence electrons. The fourth-order valence-corrected chi connectivity index (χ4v) is 1.26. The molecule has 7 heteroatoms. The van der Waals surface area contributed by atoms with E-state index in [2.05, 4.69) is 15.5 Å². The number of aldehydes is 1. The Morgan fingerprint density at radius 2 is 2.25 bits per heavy atom. The van der Waals surface area contributed by atoms with Gasteiger partial charge >= 0.3 is 5.97 Å². The van der Waals surface area contributed by atoms with E-state index in [1.54, 1.807) is 0 Å². The van der Waals surface area contributed by atoms with Crippen LogP contribution in [0.5, 0.6) is 0 Å². The third kappa shape index (κ3) is 1.65. The number of benzene rings is 1. The van der Waals surface area contributed by atoms with Gasteiger partial charge in [0.25, 0.3) is 0 Å². The monoisotopic (exact) mass is 218 g/mol. The van der Waals surface area contributed by atoms with E-state index in [1.165, 1.54) is 29.2 Å². The lowest BCUT2D eigenvalue weighted by Crippen LogP contribution is -2.06. The number of aromatic carboxylic acids is 1. The number of aromatic nitrogens is 4. The number of hydrogen-bond acceptors (Lipinski definition) is 5. The van der Waals surface area contributed by atoms with E-state index >= 15 is 0 Å². The van der Waals surface area contributed by atoms with E-state index in [0.717, 1.165) is 0 Å². The smallest absolute Gasteiger partial charge is 0.337 e. The molecule has 0 saturated heterocycles. The maximum Gasteiger partial charge on any atom is 0.337 e. The predicted octanol–water partition coefficient (Wildman–Crippen LogP) is 0.173. The summed E-state index contributed by atoms with van der Waals surface area (Å²) < 4.78 is 1.19. The van der Waals surface area contributed by atoms with Crippen molar-refractivity contribution in [2.45, 2.75) is 0 Å². The van der Waals surface area contributed by atoms with Crippen LogP contribution in [-0.2, 0) is 0 Å². The second kappa shape index (κ2) is 3.89. The summed E-state index contributed by atoms with van der Waals surface area (Å²) in [6, 6.07) is 4.17. The van der Waals surface area contributed by atoms with Gasteiger partial charge in [-0.2, -0.15) is 4.68 Å². The molecule has 2 aromatic rings. The van der Waals surface area contributed by atoms with Crippen molar-refractivity contribution >= 4 is 12.3 Å². The first-order valence-corrected chi connectivity index (χ1v) is 4.28. The van der Waals surface area contributed by atoms with Crippen LogP contribution >= 0.6 is 0 Å². The molecule has 7 nitrogen and oxygen atoms in total. The maximum atomic E-state index is 10.9. The number of carboxylic acid groups (broad SMARTS) is 1. The van der Waals surface area contributed by atoms with Crippen molar-refractivity contribution in [2.75, 3.05) is 0 Å². The van der Waals surface area contributed by atoms with Crippen molar-refractivity contribution in [3.63, 3.8) is 0 Å². The first kappa shape index (κ1) is 9.97. The van der Waals surface area contributed by atoms with E-state index in [-0.39, 0.29) is 11.3 Å². The largest absolute Gasteiger partial charge is 0.478 e. The van der Waals surface area contributed by atoms with Gasteiger partial charge in [-0.25, -0.2) is 4.79 Å². The fourth-order valence-electron chi connectivity index (χ4n) is 1.26. The highest BCUT2D eigenvalue weighted by Crippen LogP contribution is 2.14. The number of hydrogen-bond donors (Lipinski definition) is 1. The molecule has 0 bridgehead atoms. The van der Waals surface area contributed by atoms with E-state index in [0.29, 0.717) is 11.8 Å². The van der Waals surface area contributed by atoms with Gasteiger partial charge in [-0.3, -0.25) is 4.79 Å². The van der Waals surface area contributed by atoms with E-state index in [1.807, 2.05) is 0 Å². The minimum atomic E-state index is -1.11. The van der Waals surface area contributed by atoms with Crippen LogP contribution in [0.15, 0.2) is 24.5 Å². The van der Waals surface area contributed by atoms with Crippen LogP contribution in [0.25, 0.3) is 5.69 Å². The van der Waals surface area contributed by atoms with E-state index < -0.39 is 5.97 Å². The quantitative estimate of drug-likeness (QED) is 0.737. The highest BCUT2D eigenvalue weighted by atomic mass is 16.4. The minimum Gasteiger partial charge on any atom is -0.478 e. The van der Waals surface area contributed by atoms with E-state index in [4.69, 9.17) is 5.11 Å². The van der Waals surface area contributed by atoms with Crippen LogP contribution in [0.2, 0.25) is 0 Å². The van der Waals surface area contributed by atoms with Crippen molar-refractivity contribution in [3.05, 3.63) is 35.7 Å². The van der Waals surface area contributed by atoms with Crippen molar-refractivity contribution in [3.8, 4) is 5.69 Å². The first-order chi connectivity index (χ1) is 7.72. The Hall–Kier alpha value is -2.57.